The summed E-state index contributed by atoms with van der Waals surface area (Å²) in [5.41, 5.74) is -5.53. The van der Waals surface area contributed by atoms with Crippen LogP contribution in [0.3, 0.4) is 0 Å². The average Bonchev–Trinajstić information content (AvgIpc) is 2.15. The van der Waals surface area contributed by atoms with E-state index >= 15 is 0 Å². The van der Waals surface area contributed by atoms with E-state index in [1.807, 2.05) is 36.4 Å². The fraction of sp³-hybridized carbons (Fsp3) is 0.143. The number of benzene rings is 1. The van der Waals surface area contributed by atoms with Gasteiger partial charge in [0, 0.05) is 0 Å². The van der Waals surface area contributed by atoms with E-state index < -0.39 is 29.0 Å². The third-order valence-electron chi connectivity index (χ3n) is 0.959. The van der Waals surface area contributed by atoms with E-state index in [9.17, 15) is 13.2 Å². The molecule has 0 saturated heterocycles. The fourth-order valence-electron chi connectivity index (χ4n) is 0.385. The van der Waals surface area contributed by atoms with Gasteiger partial charge in [-0.05, 0) is 0 Å². The summed E-state index contributed by atoms with van der Waals surface area (Å²) in [6, 6.07) is 12.0. The third-order valence-corrected chi connectivity index (χ3v) is 1.54. The minimum absolute atomic E-state index is 2.00. The number of rotatable bonds is 0. The molecule has 3 N–H and O–H groups in total. The summed E-state index contributed by atoms with van der Waals surface area (Å²) in [5, 5.41) is 0. The van der Waals surface area contributed by atoms with Gasteiger partial charge >= 0.3 is 45.0 Å². The van der Waals surface area contributed by atoms with Crippen LogP contribution in [0.2, 0.25) is 0 Å². The molecular weight excluding hydrogens is 364 g/mol. The predicted octanol–water partition coefficient (Wildman–Crippen LogP) is 0.348. The second-order valence-corrected chi connectivity index (χ2v) is 5.82. The minimum atomic E-state index is -5.84. The molecule has 0 amide bonds. The monoisotopic (exact) mass is 374 g/mol. The van der Waals surface area contributed by atoms with E-state index in [4.69, 9.17) is 29.0 Å². The number of alkyl halides is 3. The third kappa shape index (κ3) is 19.5. The molecule has 0 aliphatic carbocycles. The maximum Gasteiger partial charge on any atom is -0.0623 e. The van der Waals surface area contributed by atoms with Gasteiger partial charge in [-0.2, -0.15) is 21.6 Å². The molecule has 1 rings (SSSR count). The molecule has 0 aliphatic heterocycles. The summed E-state index contributed by atoms with van der Waals surface area (Å²) in [7, 11) is -5.84. The van der Waals surface area contributed by atoms with E-state index in [1.165, 1.54) is 0 Å². The molecule has 0 heterocycles. The SMILES string of the molecule is O=S(=O)(O)C(F)(F)F.O=[Se](=O)(O)O.c1ccccc1. The molecule has 19 heavy (non-hydrogen) atoms. The number of hydrogen-bond acceptors (Lipinski definition) is 4. The maximum absolute atomic E-state index is 10.7. The summed E-state index contributed by atoms with van der Waals surface area (Å²) in [4.78, 5) is 0. The average molecular weight is 373 g/mol. The van der Waals surface area contributed by atoms with Crippen molar-refractivity contribution < 1.29 is 42.2 Å². The van der Waals surface area contributed by atoms with Crippen LogP contribution in [0, 0.1) is 0 Å². The van der Waals surface area contributed by atoms with Crippen molar-refractivity contribution in [3.05, 3.63) is 36.4 Å². The Morgan fingerprint density at radius 3 is 1.00 bits per heavy atom. The topological polar surface area (TPSA) is 129 Å². The van der Waals surface area contributed by atoms with Gasteiger partial charge in [0.2, 0.25) is 0 Å². The first-order valence-corrected chi connectivity index (χ1v) is 8.36. The van der Waals surface area contributed by atoms with Crippen molar-refractivity contribution in [3.8, 4) is 0 Å². The second-order valence-electron chi connectivity index (χ2n) is 2.52. The van der Waals surface area contributed by atoms with Crippen LogP contribution in [0.1, 0.15) is 0 Å². The summed E-state index contributed by atoms with van der Waals surface area (Å²) in [6.07, 6.45) is 0. The van der Waals surface area contributed by atoms with Crippen LogP contribution < -0.4 is 0 Å². The number of halogens is 3. The molecule has 0 unspecified atom stereocenters. The maximum atomic E-state index is 10.7. The first-order valence-electron chi connectivity index (χ1n) is 3.99. The first kappa shape index (κ1) is 20.3. The van der Waals surface area contributed by atoms with Gasteiger partial charge in [-0.15, -0.1) is 0 Å². The van der Waals surface area contributed by atoms with Crippen LogP contribution in [-0.2, 0) is 17.8 Å². The molecule has 12 heteroatoms. The van der Waals surface area contributed by atoms with Crippen LogP contribution in [0.25, 0.3) is 0 Å². The zero-order valence-electron chi connectivity index (χ0n) is 8.89. The first-order chi connectivity index (χ1) is 8.25. The molecule has 1 aromatic carbocycles. The van der Waals surface area contributed by atoms with E-state index in [0.717, 1.165) is 0 Å². The van der Waals surface area contributed by atoms with Crippen LogP contribution in [0.15, 0.2) is 36.4 Å². The zero-order valence-corrected chi connectivity index (χ0v) is 11.4. The summed E-state index contributed by atoms with van der Waals surface area (Å²) in [5.74, 6) is 0. The van der Waals surface area contributed by atoms with Crippen molar-refractivity contribution >= 4 is 23.5 Å². The molecule has 0 radical (unpaired) electrons. The summed E-state index contributed by atoms with van der Waals surface area (Å²) < 4.78 is 89.4. The zero-order chi connectivity index (χ0) is 15.7. The summed E-state index contributed by atoms with van der Waals surface area (Å²) >= 11 is -5.25. The van der Waals surface area contributed by atoms with Crippen molar-refractivity contribution in [3.63, 3.8) is 0 Å². The smallest absolute Gasteiger partial charge is 0.0623 e. The van der Waals surface area contributed by atoms with Crippen molar-refractivity contribution in [2.24, 2.45) is 0 Å². The quantitative estimate of drug-likeness (QED) is 0.340. The molecule has 0 spiro atoms. The minimum Gasteiger partial charge on any atom is -0.0623 e. The predicted molar refractivity (Wildman–Crippen MR) is 55.6 cm³/mol. The van der Waals surface area contributed by atoms with E-state index in [-0.39, 0.29) is 0 Å². The van der Waals surface area contributed by atoms with Crippen molar-refractivity contribution in [1.29, 1.82) is 0 Å². The Labute approximate surface area is 108 Å². The van der Waals surface area contributed by atoms with E-state index in [0.29, 0.717) is 0 Å². The van der Waals surface area contributed by atoms with Crippen molar-refractivity contribution in [2.45, 2.75) is 5.51 Å². The van der Waals surface area contributed by atoms with Gasteiger partial charge in [0.15, 0.2) is 0 Å². The van der Waals surface area contributed by atoms with Crippen molar-refractivity contribution in [2.75, 3.05) is 0 Å². The Kier molecular flexibility index (Phi) is 8.75. The van der Waals surface area contributed by atoms with Gasteiger partial charge in [0.05, 0.1) is 0 Å². The Balaban J connectivity index is 0. The molecule has 7 nitrogen and oxygen atoms in total. The second kappa shape index (κ2) is 8.19. The Morgan fingerprint density at radius 2 is 0.947 bits per heavy atom. The Hall–Kier alpha value is -1.04. The Morgan fingerprint density at radius 1 is 0.842 bits per heavy atom. The molecule has 0 fully saturated rings. The standard InChI is InChI=1S/C6H6.CHF3O3S.H2O4Se/c1-2-4-6-5-3-1;2-1(3,4)8(5,6)7;1-5(2,3)4/h1-6H;(H,5,6,7);(H2,1,2,3,4). The van der Waals surface area contributed by atoms with E-state index in [1.54, 1.807) is 0 Å². The van der Waals surface area contributed by atoms with Gasteiger partial charge in [0.25, 0.3) is 0 Å². The van der Waals surface area contributed by atoms with Crippen LogP contribution >= 0.6 is 0 Å². The van der Waals surface area contributed by atoms with Crippen molar-refractivity contribution in [1.82, 2.24) is 0 Å². The molecule has 1 aromatic rings. The summed E-state index contributed by atoms with van der Waals surface area (Å²) in [6.45, 7) is 0. The molecule has 0 atom stereocenters. The molecule has 112 valence electrons. The van der Waals surface area contributed by atoms with Crippen LogP contribution in [0.5, 0.6) is 0 Å². The van der Waals surface area contributed by atoms with Gasteiger partial charge in [-0.3, -0.25) is 4.55 Å². The molecule has 0 saturated carbocycles. The van der Waals surface area contributed by atoms with Gasteiger partial charge < -0.3 is 0 Å². The van der Waals surface area contributed by atoms with Gasteiger partial charge in [-0.25, -0.2) is 0 Å². The molecule has 0 bridgehead atoms. The largest absolute Gasteiger partial charge is 0.0623 e. The molecule has 0 aliphatic rings. The number of hydrogen-bond donors (Lipinski definition) is 3. The Bertz CT molecular complexity index is 503. The normalized spacial score (nSPS) is 11.5. The van der Waals surface area contributed by atoms with Crippen LogP contribution in [0.4, 0.5) is 13.2 Å². The van der Waals surface area contributed by atoms with Gasteiger partial charge in [0.1, 0.15) is 0 Å². The van der Waals surface area contributed by atoms with Gasteiger partial charge in [-0.1, -0.05) is 36.4 Å². The molecular formula is C7H9F3O7SSe. The fourth-order valence-corrected chi connectivity index (χ4v) is 0.385. The van der Waals surface area contributed by atoms with Crippen LogP contribution in [-0.4, -0.2) is 40.2 Å². The molecule has 0 aromatic heterocycles. The van der Waals surface area contributed by atoms with E-state index in [2.05, 4.69) is 0 Å².